The predicted octanol–water partition coefficient (Wildman–Crippen LogP) is 2.53. The van der Waals surface area contributed by atoms with E-state index in [9.17, 15) is 0 Å². The molecule has 4 heteroatoms. The Morgan fingerprint density at radius 3 is 2.22 bits per heavy atom. The normalized spacial score (nSPS) is 17.9. The summed E-state index contributed by atoms with van der Waals surface area (Å²) in [6.07, 6.45) is 0.919. The van der Waals surface area contributed by atoms with E-state index in [1.54, 1.807) is 7.11 Å². The first kappa shape index (κ1) is 9.96. The van der Waals surface area contributed by atoms with Crippen LogP contribution < -0.4 is 0 Å². The average Bonchev–Trinajstić information content (AvgIpc) is 1.63. The summed E-state index contributed by atoms with van der Waals surface area (Å²) >= 11 is 9.30. The van der Waals surface area contributed by atoms with Gasteiger partial charge in [-0.25, -0.2) is 0 Å². The van der Waals surface area contributed by atoms with E-state index in [1.165, 1.54) is 0 Å². The molecule has 0 rings (SSSR count). The first-order valence-electron chi connectivity index (χ1n) is 2.85. The third-order valence-electron chi connectivity index (χ3n) is 0.881. The van der Waals surface area contributed by atoms with E-state index in [0.717, 1.165) is 6.16 Å². The fourth-order valence-electron chi connectivity index (χ4n) is 0.536. The van der Waals surface area contributed by atoms with Crippen molar-refractivity contribution in [3.63, 3.8) is 0 Å². The molecule has 0 aliphatic carbocycles. The molecule has 0 spiro atoms. The number of hydrogen-bond donors (Lipinski definition) is 1. The van der Waals surface area contributed by atoms with Crippen molar-refractivity contribution in [2.75, 3.05) is 13.3 Å². The lowest BCUT2D eigenvalue weighted by atomic mass is 10.3. The van der Waals surface area contributed by atoms with Crippen LogP contribution in [0.25, 0.3) is 0 Å². The maximum Gasteiger partial charge on any atom is 0.116 e. The standard InChI is InChI=1S/C5H13OPS2/c1-5(2)4-7(8,9)6-3/h5H,4H2,1-3H3,(H,8,9). The van der Waals surface area contributed by atoms with Crippen LogP contribution in [-0.2, 0) is 16.3 Å². The van der Waals surface area contributed by atoms with Gasteiger partial charge < -0.3 is 4.52 Å². The van der Waals surface area contributed by atoms with Crippen molar-refractivity contribution >= 4 is 29.5 Å². The molecule has 0 saturated carbocycles. The molecule has 56 valence electrons. The molecular weight excluding hydrogens is 171 g/mol. The van der Waals surface area contributed by atoms with Crippen molar-refractivity contribution < 1.29 is 4.52 Å². The molecule has 0 fully saturated rings. The van der Waals surface area contributed by atoms with Gasteiger partial charge in [-0.2, -0.15) is 0 Å². The highest BCUT2D eigenvalue weighted by Gasteiger charge is 2.10. The van der Waals surface area contributed by atoms with Crippen molar-refractivity contribution in [1.29, 1.82) is 0 Å². The van der Waals surface area contributed by atoms with Gasteiger partial charge in [0, 0.05) is 13.3 Å². The lowest BCUT2D eigenvalue weighted by molar-refractivity contribution is 0.465. The molecule has 1 atom stereocenters. The van der Waals surface area contributed by atoms with E-state index in [4.69, 9.17) is 16.3 Å². The van der Waals surface area contributed by atoms with Gasteiger partial charge in [-0.1, -0.05) is 25.7 Å². The molecular formula is C5H13OPS2. The molecule has 0 N–H and O–H groups in total. The van der Waals surface area contributed by atoms with E-state index in [2.05, 4.69) is 26.1 Å². The van der Waals surface area contributed by atoms with Gasteiger partial charge in [-0.15, -0.1) is 12.2 Å². The first-order chi connectivity index (χ1) is 3.98. The summed E-state index contributed by atoms with van der Waals surface area (Å²) < 4.78 is 5.04. The van der Waals surface area contributed by atoms with Crippen LogP contribution in [0.2, 0.25) is 0 Å². The van der Waals surface area contributed by atoms with Gasteiger partial charge in [0.05, 0.1) is 0 Å². The van der Waals surface area contributed by atoms with Crippen LogP contribution in [-0.4, -0.2) is 13.3 Å². The zero-order valence-electron chi connectivity index (χ0n) is 6.00. The van der Waals surface area contributed by atoms with Gasteiger partial charge in [0.25, 0.3) is 0 Å². The van der Waals surface area contributed by atoms with Gasteiger partial charge in [0.15, 0.2) is 0 Å². The van der Waals surface area contributed by atoms with Crippen LogP contribution in [0.1, 0.15) is 13.8 Å². The van der Waals surface area contributed by atoms with E-state index in [0.29, 0.717) is 5.92 Å². The maximum absolute atomic E-state index is 5.07. The Kier molecular flexibility index (Phi) is 4.39. The number of thiol groups is 1. The number of rotatable bonds is 3. The quantitative estimate of drug-likeness (QED) is 0.533. The summed E-state index contributed by atoms with van der Waals surface area (Å²) in [6.45, 7) is 4.24. The SMILES string of the molecule is COP(=S)(S)CC(C)C. The average molecular weight is 184 g/mol. The fraction of sp³-hybridized carbons (Fsp3) is 1.00. The second-order valence-electron chi connectivity index (χ2n) is 2.40. The second kappa shape index (κ2) is 3.97. The largest absolute Gasteiger partial charge is 0.345 e. The minimum Gasteiger partial charge on any atom is -0.345 e. The Morgan fingerprint density at radius 1 is 1.67 bits per heavy atom. The first-order valence-corrected chi connectivity index (χ1v) is 6.91. The lowest BCUT2D eigenvalue weighted by Gasteiger charge is -2.14. The van der Waals surface area contributed by atoms with Gasteiger partial charge in [0.2, 0.25) is 0 Å². The smallest absolute Gasteiger partial charge is 0.116 e. The molecule has 0 saturated heterocycles. The van der Waals surface area contributed by atoms with Crippen molar-refractivity contribution in [2.45, 2.75) is 13.8 Å². The van der Waals surface area contributed by atoms with Crippen molar-refractivity contribution in [3.8, 4) is 0 Å². The Labute approximate surface area is 67.4 Å². The molecule has 0 aromatic rings. The van der Waals surface area contributed by atoms with Gasteiger partial charge >= 0.3 is 0 Å². The monoisotopic (exact) mass is 184 g/mol. The van der Waals surface area contributed by atoms with Gasteiger partial charge in [-0.05, 0) is 5.92 Å². The lowest BCUT2D eigenvalue weighted by Crippen LogP contribution is -1.94. The van der Waals surface area contributed by atoms with E-state index in [1.807, 2.05) is 0 Å². The molecule has 0 heterocycles. The Balaban J connectivity index is 3.73. The minimum absolute atomic E-state index is 0.591. The summed E-state index contributed by atoms with van der Waals surface area (Å²) in [6, 6.07) is 0. The molecule has 9 heavy (non-hydrogen) atoms. The Morgan fingerprint density at radius 2 is 2.11 bits per heavy atom. The fourth-order valence-corrected chi connectivity index (χ4v) is 3.48. The summed E-state index contributed by atoms with van der Waals surface area (Å²) in [7, 11) is 1.64. The maximum atomic E-state index is 5.07. The van der Waals surface area contributed by atoms with Crippen LogP contribution in [0.4, 0.5) is 0 Å². The van der Waals surface area contributed by atoms with Crippen molar-refractivity contribution in [1.82, 2.24) is 0 Å². The minimum atomic E-state index is -1.70. The van der Waals surface area contributed by atoms with E-state index in [-0.39, 0.29) is 0 Å². The van der Waals surface area contributed by atoms with Gasteiger partial charge in [0.1, 0.15) is 5.47 Å². The molecule has 0 aromatic heterocycles. The number of hydrogen-bond acceptors (Lipinski definition) is 2. The second-order valence-corrected chi connectivity index (χ2v) is 8.92. The third kappa shape index (κ3) is 5.41. The van der Waals surface area contributed by atoms with Crippen molar-refractivity contribution in [2.24, 2.45) is 5.92 Å². The van der Waals surface area contributed by atoms with Gasteiger partial charge in [-0.3, -0.25) is 0 Å². The Hall–Kier alpha value is 0.960. The molecule has 0 aromatic carbocycles. The third-order valence-corrected chi connectivity index (χ3v) is 4.52. The molecule has 0 amide bonds. The molecule has 1 unspecified atom stereocenters. The van der Waals surface area contributed by atoms with Crippen molar-refractivity contribution in [3.05, 3.63) is 0 Å². The van der Waals surface area contributed by atoms with Crippen LogP contribution in [0.5, 0.6) is 0 Å². The summed E-state index contributed by atoms with van der Waals surface area (Å²) in [5.41, 5.74) is -1.70. The van der Waals surface area contributed by atoms with Crippen LogP contribution in [0, 0.1) is 5.92 Å². The summed E-state index contributed by atoms with van der Waals surface area (Å²) in [4.78, 5) is 0. The van der Waals surface area contributed by atoms with Crippen LogP contribution >= 0.6 is 17.7 Å². The van der Waals surface area contributed by atoms with Crippen LogP contribution in [0.15, 0.2) is 0 Å². The van der Waals surface area contributed by atoms with E-state index < -0.39 is 5.47 Å². The predicted molar refractivity (Wildman–Crippen MR) is 50.0 cm³/mol. The zero-order chi connectivity index (χ0) is 7.49. The highest BCUT2D eigenvalue weighted by Crippen LogP contribution is 2.52. The van der Waals surface area contributed by atoms with Crippen LogP contribution in [0.3, 0.4) is 0 Å². The van der Waals surface area contributed by atoms with E-state index >= 15 is 0 Å². The molecule has 0 aliphatic heterocycles. The molecule has 0 bridgehead atoms. The topological polar surface area (TPSA) is 9.23 Å². The summed E-state index contributed by atoms with van der Waals surface area (Å²) in [5, 5.41) is 0. The zero-order valence-corrected chi connectivity index (χ0v) is 8.60. The highest BCUT2D eigenvalue weighted by atomic mass is 32.9. The molecule has 0 radical (unpaired) electrons. The highest BCUT2D eigenvalue weighted by molar-refractivity contribution is 8.61. The Bertz CT molecular complexity index is 124. The molecule has 0 aliphatic rings. The molecule has 1 nitrogen and oxygen atoms in total. The summed E-state index contributed by atoms with van der Waals surface area (Å²) in [5.74, 6) is 0.591.